The van der Waals surface area contributed by atoms with E-state index in [0.29, 0.717) is 10.6 Å². The molecule has 1 N–H and O–H groups in total. The van der Waals surface area contributed by atoms with Gasteiger partial charge in [-0.3, -0.25) is 25.0 Å². The molecule has 15 heteroatoms. The second-order valence-corrected chi connectivity index (χ2v) is 8.25. The van der Waals surface area contributed by atoms with Gasteiger partial charge in [-0.1, -0.05) is 46.9 Å². The second-order valence-electron chi connectivity index (χ2n) is 6.99. The zero-order valence-corrected chi connectivity index (χ0v) is 20.5. The normalized spacial score (nSPS) is 10.7. The number of non-ortho nitro benzene ring substituents is 2. The summed E-state index contributed by atoms with van der Waals surface area (Å²) in [5.74, 6) is -1.58. The topological polar surface area (TPSA) is 163 Å². The largest absolute Gasteiger partial charge is 0.481 e. The first kappa shape index (κ1) is 27.3. The maximum absolute atomic E-state index is 12.4. The first-order valence-electron chi connectivity index (χ1n) is 9.89. The van der Waals surface area contributed by atoms with Gasteiger partial charge in [-0.05, 0) is 29.8 Å². The van der Waals surface area contributed by atoms with Crippen LogP contribution in [0.1, 0.15) is 15.9 Å². The number of hydrogen-bond donors (Lipinski definition) is 1. The summed E-state index contributed by atoms with van der Waals surface area (Å²) in [6, 6.07) is 11.1. The van der Waals surface area contributed by atoms with Crippen molar-refractivity contribution in [1.82, 2.24) is 5.43 Å². The number of nitro benzene ring substituents is 2. The van der Waals surface area contributed by atoms with E-state index in [1.165, 1.54) is 36.5 Å². The molecule has 3 rings (SSSR count). The zero-order valence-electron chi connectivity index (χ0n) is 18.2. The number of nitrogens with zero attached hydrogens (tertiary/aromatic N) is 3. The van der Waals surface area contributed by atoms with E-state index in [2.05, 4.69) is 10.5 Å². The average Bonchev–Trinajstić information content (AvgIpc) is 2.83. The third-order valence-electron chi connectivity index (χ3n) is 4.34. The highest BCUT2D eigenvalue weighted by Crippen LogP contribution is 2.35. The SMILES string of the molecule is O=C(COc1c(Cl)cc(Cl)cc1Cl)NN=Cc1cccc(OC(=O)c2cc([N+](=O)[O-])cc([N+](=O)[O-])c2)c1. The molecular formula is C22H13Cl3N4O8. The number of carbonyl (C=O) groups is 2. The monoisotopic (exact) mass is 566 g/mol. The summed E-state index contributed by atoms with van der Waals surface area (Å²) in [6.45, 7) is -0.453. The number of nitro groups is 2. The Hall–Kier alpha value is -4.26. The number of hydrazone groups is 1. The molecule has 0 aliphatic carbocycles. The van der Waals surface area contributed by atoms with Gasteiger partial charge in [0.2, 0.25) is 0 Å². The van der Waals surface area contributed by atoms with E-state index in [4.69, 9.17) is 44.3 Å². The van der Waals surface area contributed by atoms with Crippen LogP contribution in [0.2, 0.25) is 15.1 Å². The smallest absolute Gasteiger partial charge is 0.344 e. The number of ether oxygens (including phenoxy) is 2. The molecule has 0 atom stereocenters. The van der Waals surface area contributed by atoms with Crippen molar-refractivity contribution in [1.29, 1.82) is 0 Å². The number of nitrogens with one attached hydrogen (secondary N) is 1. The van der Waals surface area contributed by atoms with E-state index < -0.39 is 39.7 Å². The van der Waals surface area contributed by atoms with Crippen LogP contribution in [0.25, 0.3) is 0 Å². The van der Waals surface area contributed by atoms with Gasteiger partial charge in [0.25, 0.3) is 17.3 Å². The molecule has 190 valence electrons. The van der Waals surface area contributed by atoms with Gasteiger partial charge in [0.05, 0.1) is 37.7 Å². The quantitative estimate of drug-likeness (QED) is 0.121. The molecule has 0 bridgehead atoms. The number of amides is 1. The van der Waals surface area contributed by atoms with Gasteiger partial charge >= 0.3 is 5.97 Å². The maximum atomic E-state index is 12.4. The van der Waals surface area contributed by atoms with Crippen molar-refractivity contribution in [3.8, 4) is 11.5 Å². The van der Waals surface area contributed by atoms with Gasteiger partial charge in [-0.15, -0.1) is 0 Å². The van der Waals surface area contributed by atoms with Crippen LogP contribution < -0.4 is 14.9 Å². The molecule has 3 aromatic carbocycles. The molecule has 0 saturated heterocycles. The first-order chi connectivity index (χ1) is 17.5. The highest BCUT2D eigenvalue weighted by atomic mass is 35.5. The van der Waals surface area contributed by atoms with Crippen molar-refractivity contribution in [2.75, 3.05) is 6.61 Å². The van der Waals surface area contributed by atoms with Crippen LogP contribution in [0.4, 0.5) is 11.4 Å². The summed E-state index contributed by atoms with van der Waals surface area (Å²) < 4.78 is 10.5. The fraction of sp³-hybridized carbons (Fsp3) is 0.0455. The van der Waals surface area contributed by atoms with Gasteiger partial charge in [0, 0.05) is 17.2 Å². The summed E-state index contributed by atoms with van der Waals surface area (Å²) in [6.07, 6.45) is 1.25. The molecule has 0 heterocycles. The molecule has 0 unspecified atom stereocenters. The molecule has 3 aromatic rings. The van der Waals surface area contributed by atoms with Crippen molar-refractivity contribution in [2.24, 2.45) is 5.10 Å². The molecule has 0 aromatic heterocycles. The molecule has 0 fully saturated rings. The van der Waals surface area contributed by atoms with Crippen molar-refractivity contribution >= 4 is 64.3 Å². The Bertz CT molecular complexity index is 1380. The molecule has 1 amide bonds. The second kappa shape index (κ2) is 12.1. The molecule has 37 heavy (non-hydrogen) atoms. The van der Waals surface area contributed by atoms with Crippen molar-refractivity contribution < 1.29 is 28.9 Å². The van der Waals surface area contributed by atoms with Crippen LogP contribution in [0.5, 0.6) is 11.5 Å². The van der Waals surface area contributed by atoms with E-state index in [1.54, 1.807) is 6.07 Å². The molecule has 0 spiro atoms. The van der Waals surface area contributed by atoms with Crippen LogP contribution in [-0.4, -0.2) is 34.5 Å². The Balaban J connectivity index is 1.62. The summed E-state index contributed by atoms with van der Waals surface area (Å²) >= 11 is 17.8. The van der Waals surface area contributed by atoms with Gasteiger partial charge in [0.15, 0.2) is 12.4 Å². The fourth-order valence-corrected chi connectivity index (χ4v) is 3.69. The van der Waals surface area contributed by atoms with Gasteiger partial charge < -0.3 is 9.47 Å². The number of esters is 1. The molecule has 0 saturated carbocycles. The summed E-state index contributed by atoms with van der Waals surface area (Å²) in [5, 5.41) is 26.4. The minimum absolute atomic E-state index is 0.0183. The van der Waals surface area contributed by atoms with Crippen LogP contribution in [-0.2, 0) is 4.79 Å². The Labute approximate surface area is 222 Å². The molecular weight excluding hydrogens is 555 g/mol. The van der Waals surface area contributed by atoms with Crippen LogP contribution >= 0.6 is 34.8 Å². The highest BCUT2D eigenvalue weighted by Gasteiger charge is 2.21. The molecule has 0 aliphatic heterocycles. The average molecular weight is 568 g/mol. The van der Waals surface area contributed by atoms with Crippen molar-refractivity contribution in [3.63, 3.8) is 0 Å². The van der Waals surface area contributed by atoms with Crippen molar-refractivity contribution in [2.45, 2.75) is 0 Å². The van der Waals surface area contributed by atoms with Crippen LogP contribution in [0, 0.1) is 20.2 Å². The van der Waals surface area contributed by atoms with E-state index in [0.717, 1.165) is 18.2 Å². The number of halogens is 3. The first-order valence-corrected chi connectivity index (χ1v) is 11.0. The standard InChI is InChI=1S/C22H13Cl3N4O8/c23-14-7-18(24)21(19(25)8-14)36-11-20(30)27-26-10-12-2-1-3-17(4-12)37-22(31)13-5-15(28(32)33)9-16(6-13)29(34)35/h1-10H,11H2,(H,27,30). The Morgan fingerprint density at radius 2 is 1.57 bits per heavy atom. The van der Waals surface area contributed by atoms with E-state index >= 15 is 0 Å². The molecule has 0 radical (unpaired) electrons. The summed E-state index contributed by atoms with van der Waals surface area (Å²) in [7, 11) is 0. The molecule has 0 aliphatic rings. The highest BCUT2D eigenvalue weighted by molar-refractivity contribution is 6.40. The summed E-state index contributed by atoms with van der Waals surface area (Å²) in [4.78, 5) is 44.7. The van der Waals surface area contributed by atoms with E-state index in [-0.39, 0.29) is 27.1 Å². The fourth-order valence-electron chi connectivity index (χ4n) is 2.76. The van der Waals surface area contributed by atoms with E-state index in [9.17, 15) is 29.8 Å². The lowest BCUT2D eigenvalue weighted by Gasteiger charge is -2.09. The lowest BCUT2D eigenvalue weighted by molar-refractivity contribution is -0.394. The predicted molar refractivity (Wildman–Crippen MR) is 134 cm³/mol. The third-order valence-corrected chi connectivity index (χ3v) is 5.12. The van der Waals surface area contributed by atoms with Gasteiger partial charge in [-0.2, -0.15) is 5.10 Å². The minimum atomic E-state index is -1.05. The number of benzene rings is 3. The zero-order chi connectivity index (χ0) is 27.1. The Kier molecular flexibility index (Phi) is 8.95. The number of rotatable bonds is 9. The van der Waals surface area contributed by atoms with Crippen LogP contribution in [0.3, 0.4) is 0 Å². The lowest BCUT2D eigenvalue weighted by atomic mass is 10.1. The lowest BCUT2D eigenvalue weighted by Crippen LogP contribution is -2.24. The summed E-state index contributed by atoms with van der Waals surface area (Å²) in [5.41, 5.74) is 0.978. The maximum Gasteiger partial charge on any atom is 0.344 e. The van der Waals surface area contributed by atoms with Crippen molar-refractivity contribution in [3.05, 3.63) is 101 Å². The minimum Gasteiger partial charge on any atom is -0.481 e. The number of carbonyl (C=O) groups excluding carboxylic acids is 2. The third kappa shape index (κ3) is 7.61. The Morgan fingerprint density at radius 1 is 0.946 bits per heavy atom. The van der Waals surface area contributed by atoms with Gasteiger partial charge in [-0.25, -0.2) is 10.2 Å². The predicted octanol–water partition coefficient (Wildman–Crippen LogP) is 5.21. The van der Waals surface area contributed by atoms with E-state index in [1.807, 2.05) is 0 Å². The Morgan fingerprint density at radius 3 is 2.16 bits per heavy atom. The number of hydrogen-bond acceptors (Lipinski definition) is 9. The molecule has 12 nitrogen and oxygen atoms in total. The van der Waals surface area contributed by atoms with Crippen LogP contribution in [0.15, 0.2) is 59.7 Å². The van der Waals surface area contributed by atoms with Gasteiger partial charge in [0.1, 0.15) is 5.75 Å².